The fourth-order valence-corrected chi connectivity index (χ4v) is 17.1. The van der Waals surface area contributed by atoms with Gasteiger partial charge in [-0.3, -0.25) is 9.80 Å². The van der Waals surface area contributed by atoms with Gasteiger partial charge in [0.25, 0.3) is 0 Å². The molecule has 26 nitrogen and oxygen atoms in total. The van der Waals surface area contributed by atoms with Gasteiger partial charge in [0, 0.05) is 155 Å². The summed E-state index contributed by atoms with van der Waals surface area (Å²) in [6.07, 6.45) is 12.7. The number of piperazine rings is 2. The van der Waals surface area contributed by atoms with Crippen LogP contribution in [0.4, 0.5) is 57.7 Å². The summed E-state index contributed by atoms with van der Waals surface area (Å²) >= 11 is 16.3. The van der Waals surface area contributed by atoms with Gasteiger partial charge in [-0.1, -0.05) is 58.0 Å². The summed E-state index contributed by atoms with van der Waals surface area (Å²) in [5.41, 5.74) is 8.23. The van der Waals surface area contributed by atoms with Crippen LogP contribution in [0, 0.1) is 0 Å². The first kappa shape index (κ1) is 88.5. The van der Waals surface area contributed by atoms with Gasteiger partial charge in [0.1, 0.15) is 35.8 Å². The number of anilines is 10. The number of nitrogens with one attached hydrogen (secondary N) is 4. The number of aromatic nitrogens is 8. The number of benzene rings is 4. The predicted octanol–water partition coefficient (Wildman–Crippen LogP) is 14.6. The molecule has 4 aromatic heterocycles. The number of methoxy groups -OCH3 is 4. The van der Waals surface area contributed by atoms with Crippen molar-refractivity contribution in [3.8, 4) is 34.6 Å². The van der Waals surface area contributed by atoms with E-state index in [4.69, 9.17) is 61.4 Å². The fourth-order valence-electron chi connectivity index (χ4n) is 14.2. The second kappa shape index (κ2) is 38.8. The van der Waals surface area contributed by atoms with Crippen LogP contribution in [0.15, 0.2) is 102 Å². The molecule has 32 heteroatoms. The van der Waals surface area contributed by atoms with Crippen molar-refractivity contribution in [2.75, 3.05) is 179 Å². The Kier molecular flexibility index (Phi) is 30.6. The standard InChI is InChI=1S/C37H54BClN7O4P.C36H47ClN9O3P.C5H5BrN2O.2CH4/c1-10-25-21-30(32(48-7)23-31(25)46-15-13-27(14-16-46)45-19-17-44(6)18-20-45)42-35-40-24-28(39)34(43-35)41-29-12-11-26(22-33(29)51(8,9)47)38-49-36(2,3)37(4,5)50-38;1-7-24-20-29(31(48-3)22-30(24)46-14-11-26(12-15-46)45-18-16-44(2)17-19-45)41-36-39-23-27(37)35(43-36)40-28-9-8-25(21-32(28)50(5,6)47)34-38-13-10-33(42-34)49-4;1-9-4-2-3-7-5(6)8-4;;/h11-12,21-24,27H,10,13-20H2,1-9H3,(H2,40,41,42,43);8-10,13,20-23,26H,7,11-12,14-19H2,1-6H3,(H2,39,40,41,43);2-3H,1H3;2*1H4. The Morgan fingerprint density at radius 1 is 0.518 bits per heavy atom. The van der Waals surface area contributed by atoms with E-state index < -0.39 is 32.6 Å². The van der Waals surface area contributed by atoms with Crippen LogP contribution < -0.4 is 66.1 Å². The minimum atomic E-state index is -2.77. The molecular formula is C80H114BBrCl2N18O8P2. The Labute approximate surface area is 682 Å². The van der Waals surface area contributed by atoms with E-state index in [0.717, 1.165) is 140 Å². The van der Waals surface area contributed by atoms with E-state index >= 15 is 0 Å². The zero-order valence-corrected chi connectivity index (χ0v) is 71.1. The molecule has 0 saturated carbocycles. The first-order valence-corrected chi connectivity index (χ1v) is 44.3. The number of nitrogens with zero attached hydrogens (tertiary/aromatic N) is 14. The zero-order valence-electron chi connectivity index (χ0n) is 66.3. The highest BCUT2D eigenvalue weighted by Gasteiger charge is 2.52. The third kappa shape index (κ3) is 21.9. The SMILES string of the molecule is C.C.CCc1cc(Nc2ncc(Cl)c(Nc3ccc(-c4nccc(OC)n4)cc3P(C)(C)=O)n2)c(OC)cc1N1CCC(N2CCN(C)CC2)CC1.CCc1cc(Nc2ncc(Cl)c(Nc3ccc(B4OC(C)(C)C(C)(C)O4)cc3P(C)(C)=O)n2)c(OC)cc1N1CCC(N2CCN(C)CC2)CC1.COc1ccnc(Br)n1. The van der Waals surface area contributed by atoms with E-state index in [1.165, 1.54) is 22.5 Å². The molecule has 8 aromatic rings. The van der Waals surface area contributed by atoms with E-state index in [0.29, 0.717) is 101 Å². The van der Waals surface area contributed by atoms with Crippen LogP contribution in [0.2, 0.25) is 10.0 Å². The van der Waals surface area contributed by atoms with Gasteiger partial charge in [0.05, 0.1) is 74.8 Å². The highest BCUT2D eigenvalue weighted by molar-refractivity contribution is 9.10. The quantitative estimate of drug-likeness (QED) is 0.0279. The van der Waals surface area contributed by atoms with Gasteiger partial charge in [-0.05, 0) is 182 Å². The van der Waals surface area contributed by atoms with Gasteiger partial charge in [-0.2, -0.15) is 19.9 Å². The van der Waals surface area contributed by atoms with Gasteiger partial charge < -0.3 is 78.3 Å². The first-order valence-electron chi connectivity index (χ1n) is 37.5. The number of ether oxygens (including phenoxy) is 4. The molecule has 0 atom stereocenters. The average Bonchev–Trinajstić information content (AvgIpc) is 1.59. The first-order chi connectivity index (χ1) is 52.5. The van der Waals surface area contributed by atoms with Crippen LogP contribution in [0.25, 0.3) is 11.4 Å². The van der Waals surface area contributed by atoms with Crippen molar-refractivity contribution in [3.63, 3.8) is 0 Å². The summed E-state index contributed by atoms with van der Waals surface area (Å²) in [4.78, 5) is 50.1. The fraction of sp³-hybridized carbons (Fsp3) is 0.500. The highest BCUT2D eigenvalue weighted by Crippen LogP contribution is 2.45. The van der Waals surface area contributed by atoms with Gasteiger partial charge in [-0.25, -0.2) is 19.9 Å². The molecule has 4 N–H and O–H groups in total. The number of rotatable bonds is 22. The molecule has 0 unspecified atom stereocenters. The molecule has 0 bridgehead atoms. The summed E-state index contributed by atoms with van der Waals surface area (Å²) < 4.78 is 62.1. The molecular weight excluding hydrogens is 1560 g/mol. The number of hydrogen-bond donors (Lipinski definition) is 4. The molecule has 4 aromatic carbocycles. The molecule has 112 heavy (non-hydrogen) atoms. The molecule has 0 radical (unpaired) electrons. The lowest BCUT2D eigenvalue weighted by Gasteiger charge is -2.43. The highest BCUT2D eigenvalue weighted by atomic mass is 79.9. The van der Waals surface area contributed by atoms with Crippen LogP contribution in [0.1, 0.15) is 93.2 Å². The molecule has 9 heterocycles. The normalized spacial score (nSPS) is 17.2. The molecule has 5 saturated heterocycles. The molecule has 0 spiro atoms. The lowest BCUT2D eigenvalue weighted by Crippen LogP contribution is -2.52. The third-order valence-corrected chi connectivity index (χ3v) is 25.4. The summed E-state index contributed by atoms with van der Waals surface area (Å²) in [6.45, 7) is 32.7. The van der Waals surface area contributed by atoms with E-state index in [-0.39, 0.29) is 14.9 Å². The van der Waals surface area contributed by atoms with Crippen molar-refractivity contribution in [2.24, 2.45) is 0 Å². The van der Waals surface area contributed by atoms with Crippen molar-refractivity contribution in [1.29, 1.82) is 0 Å². The van der Waals surface area contributed by atoms with Crippen molar-refractivity contribution in [3.05, 3.63) is 123 Å². The molecule has 0 amide bonds. The third-order valence-electron chi connectivity index (χ3n) is 21.4. The Morgan fingerprint density at radius 2 is 0.938 bits per heavy atom. The molecule has 5 aliphatic heterocycles. The average molecular weight is 1680 g/mol. The van der Waals surface area contributed by atoms with Crippen molar-refractivity contribution >= 4 is 134 Å². The van der Waals surface area contributed by atoms with Crippen molar-refractivity contribution in [2.45, 2.75) is 118 Å². The number of hydrogen-bond acceptors (Lipinski definition) is 26. The lowest BCUT2D eigenvalue weighted by molar-refractivity contribution is 0.00578. The minimum Gasteiger partial charge on any atom is -0.494 e. The van der Waals surface area contributed by atoms with E-state index in [9.17, 15) is 9.13 Å². The Balaban J connectivity index is 0.000000227. The summed E-state index contributed by atoms with van der Waals surface area (Å²) in [5.74, 6) is 4.38. The maximum absolute atomic E-state index is 13.6. The van der Waals surface area contributed by atoms with Crippen LogP contribution in [-0.4, -0.2) is 238 Å². The zero-order chi connectivity index (χ0) is 78.8. The van der Waals surface area contributed by atoms with E-state index in [2.05, 4.69) is 149 Å². The molecule has 606 valence electrons. The number of halogens is 3. The second-order valence-corrected chi connectivity index (χ2v) is 37.9. The van der Waals surface area contributed by atoms with Crippen LogP contribution in [-0.2, 0) is 31.3 Å². The summed E-state index contributed by atoms with van der Waals surface area (Å²) in [5, 5.41) is 15.3. The Morgan fingerprint density at radius 3 is 1.34 bits per heavy atom. The molecule has 5 aliphatic rings. The monoisotopic (exact) mass is 1680 g/mol. The van der Waals surface area contributed by atoms with Crippen LogP contribution in [0.5, 0.6) is 23.3 Å². The Bertz CT molecular complexity index is 4580. The van der Waals surface area contributed by atoms with Gasteiger partial charge in [0.15, 0.2) is 22.2 Å². The number of aryl methyl sites for hydroxylation is 2. The molecule has 13 rings (SSSR count). The van der Waals surface area contributed by atoms with Gasteiger partial charge in [-0.15, -0.1) is 0 Å². The summed E-state index contributed by atoms with van der Waals surface area (Å²) in [7, 11) is 4.81. The maximum Gasteiger partial charge on any atom is 0.494 e. The largest absolute Gasteiger partial charge is 0.494 e. The van der Waals surface area contributed by atoms with Crippen LogP contribution >= 0.6 is 53.4 Å². The lowest BCUT2D eigenvalue weighted by atomic mass is 9.79. The smallest absolute Gasteiger partial charge is 0.494 e. The Hall–Kier alpha value is -7.46. The summed E-state index contributed by atoms with van der Waals surface area (Å²) in [6, 6.07) is 24.4. The molecule has 5 fully saturated rings. The van der Waals surface area contributed by atoms with Crippen LogP contribution in [0.3, 0.4) is 0 Å². The topological polar surface area (TPSA) is 260 Å². The minimum absolute atomic E-state index is 0. The van der Waals surface area contributed by atoms with E-state index in [1.54, 1.807) is 92.0 Å². The van der Waals surface area contributed by atoms with Crippen molar-refractivity contribution in [1.82, 2.24) is 59.5 Å². The number of piperidine rings is 2. The van der Waals surface area contributed by atoms with Gasteiger partial charge in [0.2, 0.25) is 23.7 Å². The predicted molar refractivity (Wildman–Crippen MR) is 465 cm³/mol. The molecule has 0 aliphatic carbocycles. The van der Waals surface area contributed by atoms with E-state index in [1.807, 2.05) is 64.1 Å². The maximum atomic E-state index is 13.6. The number of likely N-dealkylation sites (N-methyl/N-ethyl adjacent to an activating group) is 2. The van der Waals surface area contributed by atoms with Gasteiger partial charge >= 0.3 is 7.12 Å². The van der Waals surface area contributed by atoms with Crippen molar-refractivity contribution < 1.29 is 37.4 Å². The second-order valence-electron chi connectivity index (χ2n) is 30.1.